The highest BCUT2D eigenvalue weighted by atomic mass is 16.5. The fourth-order valence-electron chi connectivity index (χ4n) is 2.83. The molecule has 0 amide bonds. The number of pyridine rings is 1. The van der Waals surface area contributed by atoms with E-state index in [1.165, 1.54) is 18.7 Å². The molecule has 0 aliphatic heterocycles. The molecule has 0 bridgehead atoms. The van der Waals surface area contributed by atoms with Crippen molar-refractivity contribution in [2.45, 2.75) is 0 Å². The van der Waals surface area contributed by atoms with Crippen molar-refractivity contribution in [2.75, 3.05) is 12.8 Å². The lowest BCUT2D eigenvalue weighted by Gasteiger charge is -2.11. The first-order valence-corrected chi connectivity index (χ1v) is 7.39. The number of benzene rings is 1. The highest BCUT2D eigenvalue weighted by Gasteiger charge is 2.24. The summed E-state index contributed by atoms with van der Waals surface area (Å²) in [6.45, 7) is 0. The van der Waals surface area contributed by atoms with Gasteiger partial charge in [0.1, 0.15) is 22.8 Å². The molecule has 2 heterocycles. The molecule has 25 heavy (non-hydrogen) atoms. The number of nitrogen functional groups attached to an aromatic ring is 1. The van der Waals surface area contributed by atoms with Crippen LogP contribution in [0, 0.1) is 11.3 Å². The molecule has 126 valence electrons. The first-order valence-electron chi connectivity index (χ1n) is 7.39. The van der Waals surface area contributed by atoms with Gasteiger partial charge >= 0.3 is 5.69 Å². The maximum Gasteiger partial charge on any atom is 0.388 e. The Kier molecular flexibility index (Phi) is 3.77. The van der Waals surface area contributed by atoms with Crippen LogP contribution in [0.5, 0.6) is 5.75 Å². The smallest absolute Gasteiger partial charge is 0.388 e. The first kappa shape index (κ1) is 16.3. The third-order valence-corrected chi connectivity index (χ3v) is 4.18. The molecule has 8 heteroatoms. The lowest BCUT2D eigenvalue weighted by molar-refractivity contribution is -0.331. The number of nitrogens with one attached hydrogen (secondary N) is 1. The van der Waals surface area contributed by atoms with E-state index in [4.69, 9.17) is 10.5 Å². The number of hydrogen-bond donors (Lipinski definition) is 1. The number of rotatable bonds is 2. The van der Waals surface area contributed by atoms with Gasteiger partial charge in [0, 0.05) is 12.6 Å². The van der Waals surface area contributed by atoms with E-state index in [0.29, 0.717) is 16.9 Å². The lowest BCUT2D eigenvalue weighted by atomic mass is 9.98. The normalized spacial score (nSPS) is 10.6. The van der Waals surface area contributed by atoms with E-state index in [0.717, 1.165) is 4.57 Å². The van der Waals surface area contributed by atoms with Crippen molar-refractivity contribution in [3.63, 3.8) is 0 Å². The van der Waals surface area contributed by atoms with Crippen molar-refractivity contribution < 1.29 is 9.72 Å². The minimum Gasteiger partial charge on any atom is -0.497 e. The number of nitriles is 1. The number of anilines is 1. The fourth-order valence-corrected chi connectivity index (χ4v) is 2.83. The number of aromatic nitrogens is 3. The number of methoxy groups -OCH3 is 1. The second-order valence-electron chi connectivity index (χ2n) is 5.56. The average Bonchev–Trinajstić information content (AvgIpc) is 2.63. The molecule has 0 aliphatic carbocycles. The molecule has 3 aromatic rings. The van der Waals surface area contributed by atoms with E-state index in [1.54, 1.807) is 31.4 Å². The quantitative estimate of drug-likeness (QED) is 0.715. The summed E-state index contributed by atoms with van der Waals surface area (Å²) in [5.74, 6) is 0.728. The van der Waals surface area contributed by atoms with Crippen LogP contribution in [-0.4, -0.2) is 16.2 Å². The third-order valence-electron chi connectivity index (χ3n) is 4.18. The van der Waals surface area contributed by atoms with Crippen molar-refractivity contribution in [3.8, 4) is 22.9 Å². The largest absolute Gasteiger partial charge is 0.497 e. The van der Waals surface area contributed by atoms with Crippen LogP contribution in [0.2, 0.25) is 0 Å². The number of fused-ring (bicyclic) bond motifs is 1. The number of H-pyrrole nitrogens is 1. The summed E-state index contributed by atoms with van der Waals surface area (Å²) in [6.07, 6.45) is 0. The summed E-state index contributed by atoms with van der Waals surface area (Å²) in [7, 11) is 4.47. The molecule has 0 unspecified atom stereocenters. The summed E-state index contributed by atoms with van der Waals surface area (Å²) in [4.78, 5) is 27.7. The van der Waals surface area contributed by atoms with Gasteiger partial charge < -0.3 is 10.5 Å². The average molecular weight is 338 g/mol. The zero-order chi connectivity index (χ0) is 18.3. The summed E-state index contributed by atoms with van der Waals surface area (Å²) < 4.78 is 7.44. The topological polar surface area (TPSA) is 117 Å². The number of hydrogen-bond acceptors (Lipinski definition) is 5. The molecule has 3 N–H and O–H groups in total. The zero-order valence-corrected chi connectivity index (χ0v) is 14.0. The van der Waals surface area contributed by atoms with Gasteiger partial charge in [-0.15, -0.1) is 0 Å². The molecule has 0 aliphatic rings. The number of nitrogens with two attached hydrogens (primary N) is 1. The predicted molar refractivity (Wildman–Crippen MR) is 92.1 cm³/mol. The second kappa shape index (κ2) is 5.79. The lowest BCUT2D eigenvalue weighted by Crippen LogP contribution is -2.40. The van der Waals surface area contributed by atoms with Crippen LogP contribution < -0.4 is 26.7 Å². The van der Waals surface area contributed by atoms with Gasteiger partial charge in [-0.1, -0.05) is 12.1 Å². The Morgan fingerprint density at radius 1 is 1.16 bits per heavy atom. The Morgan fingerprint density at radius 3 is 2.36 bits per heavy atom. The molecule has 0 saturated carbocycles. The molecular formula is C17H16N5O3+. The predicted octanol–water partition coefficient (Wildman–Crippen LogP) is 0.181. The minimum absolute atomic E-state index is 0.0871. The molecule has 0 atom stereocenters. The summed E-state index contributed by atoms with van der Waals surface area (Å²) in [5.41, 5.74) is 6.39. The van der Waals surface area contributed by atoms with Gasteiger partial charge in [0.2, 0.25) is 11.5 Å². The van der Waals surface area contributed by atoms with Gasteiger partial charge in [-0.2, -0.15) is 5.26 Å². The highest BCUT2D eigenvalue weighted by Crippen LogP contribution is 2.31. The molecule has 2 aromatic heterocycles. The van der Waals surface area contributed by atoms with Gasteiger partial charge in [0.25, 0.3) is 5.56 Å². The maximum atomic E-state index is 12.8. The Hall–Kier alpha value is -3.60. The van der Waals surface area contributed by atoms with Gasteiger partial charge in [-0.05, 0) is 17.7 Å². The fraction of sp³-hybridized carbons (Fsp3) is 0.176. The minimum atomic E-state index is -0.503. The van der Waals surface area contributed by atoms with Gasteiger partial charge in [-0.25, -0.2) is 18.9 Å². The Bertz CT molecular complexity index is 1150. The van der Waals surface area contributed by atoms with Crippen LogP contribution >= 0.6 is 0 Å². The van der Waals surface area contributed by atoms with Crippen molar-refractivity contribution in [3.05, 3.63) is 50.7 Å². The van der Waals surface area contributed by atoms with Crippen molar-refractivity contribution in [2.24, 2.45) is 14.1 Å². The molecular weight excluding hydrogens is 322 g/mol. The van der Waals surface area contributed by atoms with Crippen LogP contribution in [0.1, 0.15) is 5.56 Å². The second-order valence-corrected chi connectivity index (χ2v) is 5.56. The number of aromatic amines is 1. The molecule has 3 rings (SSSR count). The molecule has 8 nitrogen and oxygen atoms in total. The Labute approximate surface area is 142 Å². The number of aryl methyl sites for hydroxylation is 1. The number of nitrogens with zero attached hydrogens (tertiary/aromatic N) is 3. The summed E-state index contributed by atoms with van der Waals surface area (Å²) >= 11 is 0. The van der Waals surface area contributed by atoms with Crippen molar-refractivity contribution in [1.29, 1.82) is 5.26 Å². The summed E-state index contributed by atoms with van der Waals surface area (Å²) in [6, 6.07) is 8.96. The van der Waals surface area contributed by atoms with Crippen LogP contribution in [0.4, 0.5) is 5.82 Å². The van der Waals surface area contributed by atoms with E-state index in [-0.39, 0.29) is 22.4 Å². The number of ether oxygens (including phenoxy) is 1. The maximum absolute atomic E-state index is 12.8. The molecule has 0 radical (unpaired) electrons. The van der Waals surface area contributed by atoms with E-state index < -0.39 is 11.2 Å². The van der Waals surface area contributed by atoms with Crippen LogP contribution in [0.25, 0.3) is 22.2 Å². The van der Waals surface area contributed by atoms with E-state index in [9.17, 15) is 14.9 Å². The SMILES string of the molecule is COc1ccc(-c2c(C#N)c(N)[nH+]c3c2c(=O)n(C)c(=O)n3C)cc1. The van der Waals surface area contributed by atoms with Crippen molar-refractivity contribution in [1.82, 2.24) is 9.13 Å². The van der Waals surface area contributed by atoms with Crippen LogP contribution in [-0.2, 0) is 14.1 Å². The van der Waals surface area contributed by atoms with Gasteiger partial charge in [0.15, 0.2) is 0 Å². The third kappa shape index (κ3) is 2.33. The monoisotopic (exact) mass is 338 g/mol. The molecule has 0 saturated heterocycles. The summed E-state index contributed by atoms with van der Waals surface area (Å²) in [5, 5.41) is 9.78. The highest BCUT2D eigenvalue weighted by molar-refractivity contribution is 5.95. The van der Waals surface area contributed by atoms with Gasteiger partial charge in [0.05, 0.1) is 14.2 Å². The van der Waals surface area contributed by atoms with Crippen LogP contribution in [0.15, 0.2) is 33.9 Å². The van der Waals surface area contributed by atoms with Crippen molar-refractivity contribution >= 4 is 16.9 Å². The van der Waals surface area contributed by atoms with E-state index >= 15 is 0 Å². The molecule has 0 fully saturated rings. The first-order chi connectivity index (χ1) is 11.9. The van der Waals surface area contributed by atoms with Gasteiger partial charge in [-0.3, -0.25) is 4.79 Å². The molecule has 0 spiro atoms. The zero-order valence-electron chi connectivity index (χ0n) is 14.0. The Balaban J connectivity index is 2.57. The standard InChI is InChI=1S/C17H15N5O3/c1-21-15-13(16(23)22(2)17(21)24)12(11(8-18)14(19)20-15)9-4-6-10(25-3)7-5-9/h4-7H,1-3H3,(H2,19,20)/p+1. The van der Waals surface area contributed by atoms with Crippen LogP contribution in [0.3, 0.4) is 0 Å². The van der Waals surface area contributed by atoms with E-state index in [2.05, 4.69) is 4.98 Å². The molecule has 1 aromatic carbocycles. The Morgan fingerprint density at radius 2 is 1.80 bits per heavy atom. The van der Waals surface area contributed by atoms with E-state index in [1.807, 2.05) is 6.07 Å².